The minimum absolute atomic E-state index is 0.111. The molecule has 3 aromatic rings. The first-order valence-electron chi connectivity index (χ1n) is 8.22. The van der Waals surface area contributed by atoms with Crippen LogP contribution in [-0.2, 0) is 10.3 Å². The average Bonchev–Trinajstić information content (AvgIpc) is 3.19. The number of halogens is 1. The standard InChI is InChI=1S/C16H19IN6O3S/c1-8(2)19-14(25)16(4,5)22-11(24)10-9(3)12(21-7-6-18-20-21)27-13(10)23(17)15(22)26/h6-8H,1-5H3,(H,19,25). The quantitative estimate of drug-likeness (QED) is 0.546. The molecule has 3 rings (SSSR count). The van der Waals surface area contributed by atoms with Gasteiger partial charge in [0.15, 0.2) is 0 Å². The molecule has 0 unspecified atom stereocenters. The zero-order valence-corrected chi connectivity index (χ0v) is 18.5. The number of rotatable bonds is 4. The third-order valence-electron chi connectivity index (χ3n) is 4.22. The Kier molecular flexibility index (Phi) is 5.01. The number of amides is 1. The molecule has 1 N–H and O–H groups in total. The predicted molar refractivity (Wildman–Crippen MR) is 112 cm³/mol. The van der Waals surface area contributed by atoms with Gasteiger partial charge in [-0.05, 0) is 34.6 Å². The van der Waals surface area contributed by atoms with Gasteiger partial charge in [-0.3, -0.25) is 9.59 Å². The number of aromatic nitrogens is 5. The highest BCUT2D eigenvalue weighted by Crippen LogP contribution is 2.31. The van der Waals surface area contributed by atoms with E-state index in [-0.39, 0.29) is 6.04 Å². The summed E-state index contributed by atoms with van der Waals surface area (Å²) >= 11 is 3.14. The van der Waals surface area contributed by atoms with E-state index in [1.54, 1.807) is 37.8 Å². The summed E-state index contributed by atoms with van der Waals surface area (Å²) in [5.74, 6) is -0.392. The van der Waals surface area contributed by atoms with Gasteiger partial charge >= 0.3 is 5.69 Å². The smallest absolute Gasteiger partial charge is 0.342 e. The molecule has 1 amide bonds. The molecule has 0 saturated heterocycles. The largest absolute Gasteiger partial charge is 0.352 e. The van der Waals surface area contributed by atoms with Crippen LogP contribution in [0.15, 0.2) is 22.0 Å². The van der Waals surface area contributed by atoms with Crippen molar-refractivity contribution in [1.82, 2.24) is 27.7 Å². The minimum Gasteiger partial charge on any atom is -0.352 e. The molecule has 0 aromatic carbocycles. The average molecular weight is 502 g/mol. The van der Waals surface area contributed by atoms with E-state index >= 15 is 0 Å². The van der Waals surface area contributed by atoms with Gasteiger partial charge in [0.2, 0.25) is 5.91 Å². The monoisotopic (exact) mass is 502 g/mol. The molecule has 0 aliphatic heterocycles. The lowest BCUT2D eigenvalue weighted by Crippen LogP contribution is -2.56. The fraction of sp³-hybridized carbons (Fsp3) is 0.438. The second-order valence-corrected chi connectivity index (χ2v) is 8.89. The summed E-state index contributed by atoms with van der Waals surface area (Å²) in [4.78, 5) is 39.4. The van der Waals surface area contributed by atoms with E-state index in [1.807, 2.05) is 36.7 Å². The lowest BCUT2D eigenvalue weighted by molar-refractivity contribution is -0.129. The molecular formula is C16H19IN6O3S. The van der Waals surface area contributed by atoms with Crippen LogP contribution in [0.3, 0.4) is 0 Å². The molecule has 3 heterocycles. The molecule has 0 radical (unpaired) electrons. The van der Waals surface area contributed by atoms with Crippen molar-refractivity contribution in [3.05, 3.63) is 38.8 Å². The van der Waals surface area contributed by atoms with Gasteiger partial charge in [-0.15, -0.1) is 5.10 Å². The molecule has 0 spiro atoms. The highest BCUT2D eigenvalue weighted by atomic mass is 127. The summed E-state index contributed by atoms with van der Waals surface area (Å²) in [6.45, 7) is 8.57. The summed E-state index contributed by atoms with van der Waals surface area (Å²) in [7, 11) is 0. The van der Waals surface area contributed by atoms with Crippen LogP contribution >= 0.6 is 34.2 Å². The fourth-order valence-corrected chi connectivity index (χ4v) is 4.70. The third kappa shape index (κ3) is 3.12. The van der Waals surface area contributed by atoms with E-state index in [4.69, 9.17) is 0 Å². The Morgan fingerprint density at radius 2 is 2.00 bits per heavy atom. The van der Waals surface area contributed by atoms with E-state index < -0.39 is 22.7 Å². The highest BCUT2D eigenvalue weighted by Gasteiger charge is 2.35. The summed E-state index contributed by atoms with van der Waals surface area (Å²) in [5.41, 5.74) is -1.71. The topological polar surface area (TPSA) is 104 Å². The Balaban J connectivity index is 2.34. The Morgan fingerprint density at radius 1 is 1.33 bits per heavy atom. The molecule has 3 aromatic heterocycles. The summed E-state index contributed by atoms with van der Waals surface area (Å²) < 4.78 is 3.95. The van der Waals surface area contributed by atoms with Crippen LogP contribution in [0.4, 0.5) is 0 Å². The molecule has 0 aliphatic rings. The molecule has 0 saturated carbocycles. The van der Waals surface area contributed by atoms with Crippen molar-refractivity contribution in [2.75, 3.05) is 0 Å². The van der Waals surface area contributed by atoms with Crippen molar-refractivity contribution in [3.8, 4) is 5.00 Å². The number of aryl methyl sites for hydroxylation is 1. The molecule has 144 valence electrons. The predicted octanol–water partition coefficient (Wildman–Crippen LogP) is 1.57. The summed E-state index contributed by atoms with van der Waals surface area (Å²) in [5, 5.41) is 11.6. The van der Waals surface area contributed by atoms with Gasteiger partial charge in [-0.2, -0.15) is 0 Å². The first-order valence-corrected chi connectivity index (χ1v) is 10.0. The van der Waals surface area contributed by atoms with E-state index in [2.05, 4.69) is 15.6 Å². The maximum absolute atomic E-state index is 13.3. The van der Waals surface area contributed by atoms with Crippen molar-refractivity contribution >= 4 is 50.3 Å². The molecule has 0 atom stereocenters. The minimum atomic E-state index is -1.35. The third-order valence-corrected chi connectivity index (χ3v) is 6.71. The van der Waals surface area contributed by atoms with Crippen LogP contribution in [0.2, 0.25) is 0 Å². The number of hydrogen-bond donors (Lipinski definition) is 1. The molecule has 0 bridgehead atoms. The number of fused-ring (bicyclic) bond motifs is 1. The van der Waals surface area contributed by atoms with E-state index in [9.17, 15) is 14.4 Å². The van der Waals surface area contributed by atoms with Crippen LogP contribution in [0.25, 0.3) is 15.2 Å². The van der Waals surface area contributed by atoms with Crippen molar-refractivity contribution in [3.63, 3.8) is 0 Å². The maximum atomic E-state index is 13.3. The fourth-order valence-electron chi connectivity index (χ4n) is 2.82. The van der Waals surface area contributed by atoms with Crippen molar-refractivity contribution in [1.29, 1.82) is 0 Å². The van der Waals surface area contributed by atoms with Crippen LogP contribution in [0.5, 0.6) is 0 Å². The summed E-state index contributed by atoms with van der Waals surface area (Å²) in [6, 6.07) is -0.111. The number of nitrogens with zero attached hydrogens (tertiary/aromatic N) is 5. The summed E-state index contributed by atoms with van der Waals surface area (Å²) in [6.07, 6.45) is 3.21. The van der Waals surface area contributed by atoms with Gasteiger partial charge in [0, 0.05) is 11.6 Å². The molecule has 0 fully saturated rings. The van der Waals surface area contributed by atoms with E-state index in [0.717, 1.165) is 4.57 Å². The number of thiophene rings is 1. The van der Waals surface area contributed by atoms with Crippen molar-refractivity contribution in [2.45, 2.75) is 46.2 Å². The molecule has 9 nitrogen and oxygen atoms in total. The Bertz CT molecular complexity index is 1140. The van der Waals surface area contributed by atoms with Crippen LogP contribution in [0, 0.1) is 6.92 Å². The second-order valence-electron chi connectivity index (χ2n) is 6.95. The lowest BCUT2D eigenvalue weighted by Gasteiger charge is -2.27. The van der Waals surface area contributed by atoms with Gasteiger partial charge in [-0.1, -0.05) is 16.6 Å². The number of nitrogens with one attached hydrogen (secondary N) is 1. The Morgan fingerprint density at radius 3 is 2.56 bits per heavy atom. The number of hydrogen-bond acceptors (Lipinski definition) is 6. The zero-order valence-electron chi connectivity index (χ0n) is 15.5. The molecule has 27 heavy (non-hydrogen) atoms. The second kappa shape index (κ2) is 6.86. The normalized spacial score (nSPS) is 12.1. The zero-order chi connectivity index (χ0) is 20.1. The van der Waals surface area contributed by atoms with Gasteiger partial charge in [0.1, 0.15) is 15.4 Å². The number of carbonyl (C=O) groups is 1. The first kappa shape index (κ1) is 19.7. The van der Waals surface area contributed by atoms with Gasteiger partial charge in [0.25, 0.3) is 5.56 Å². The maximum Gasteiger partial charge on any atom is 0.342 e. The van der Waals surface area contributed by atoms with Gasteiger partial charge in [0.05, 0.1) is 40.6 Å². The van der Waals surface area contributed by atoms with E-state index in [0.29, 0.717) is 20.8 Å². The SMILES string of the molecule is Cc1c(-n2ccnn2)sc2c1c(=O)n(C(C)(C)C(=O)NC(C)C)c(=O)n2I. The highest BCUT2D eigenvalue weighted by molar-refractivity contribution is 14.1. The van der Waals surface area contributed by atoms with E-state index in [1.165, 1.54) is 14.1 Å². The molecule has 11 heteroatoms. The lowest BCUT2D eigenvalue weighted by atomic mass is 10.0. The van der Waals surface area contributed by atoms with Crippen LogP contribution in [0.1, 0.15) is 33.3 Å². The molecular weight excluding hydrogens is 483 g/mol. The Hall–Kier alpha value is -2.02. The Labute approximate surface area is 172 Å². The van der Waals surface area contributed by atoms with Crippen LogP contribution < -0.4 is 16.6 Å². The molecule has 0 aliphatic carbocycles. The first-order chi connectivity index (χ1) is 12.6. The number of carbonyl (C=O) groups excluding carboxylic acids is 1. The van der Waals surface area contributed by atoms with Crippen LogP contribution in [-0.4, -0.2) is 34.3 Å². The van der Waals surface area contributed by atoms with Crippen molar-refractivity contribution in [2.24, 2.45) is 0 Å². The van der Waals surface area contributed by atoms with Crippen molar-refractivity contribution < 1.29 is 4.79 Å². The van der Waals surface area contributed by atoms with Gasteiger partial charge < -0.3 is 5.32 Å². The van der Waals surface area contributed by atoms with Gasteiger partial charge in [-0.25, -0.2) is 16.8 Å².